The van der Waals surface area contributed by atoms with Gasteiger partial charge in [0.2, 0.25) is 5.91 Å². The molecule has 0 fully saturated rings. The van der Waals surface area contributed by atoms with Crippen molar-refractivity contribution in [2.24, 2.45) is 7.05 Å². The maximum atomic E-state index is 12.9. The molecule has 5 heteroatoms. The highest BCUT2D eigenvalue weighted by atomic mass is 16.5. The second kappa shape index (κ2) is 6.67. The van der Waals surface area contributed by atoms with Crippen molar-refractivity contribution >= 4 is 11.6 Å². The molecule has 2 aromatic carbocycles. The van der Waals surface area contributed by atoms with Gasteiger partial charge in [-0.1, -0.05) is 24.3 Å². The van der Waals surface area contributed by atoms with Gasteiger partial charge in [0.15, 0.2) is 0 Å². The van der Waals surface area contributed by atoms with Crippen LogP contribution in [0.25, 0.3) is 11.3 Å². The van der Waals surface area contributed by atoms with Crippen molar-refractivity contribution < 1.29 is 9.53 Å². The highest BCUT2D eigenvalue weighted by Gasteiger charge is 2.25. The largest absolute Gasteiger partial charge is 0.496 e. The fraction of sp³-hybridized carbons (Fsp3) is 0.238. The summed E-state index contributed by atoms with van der Waals surface area (Å²) in [5, 5.41) is 4.46. The highest BCUT2D eigenvalue weighted by molar-refractivity contribution is 5.97. The van der Waals surface area contributed by atoms with Crippen molar-refractivity contribution in [1.29, 1.82) is 0 Å². The van der Waals surface area contributed by atoms with Gasteiger partial charge in [0.25, 0.3) is 0 Å². The molecule has 3 aromatic rings. The molecule has 0 saturated carbocycles. The lowest BCUT2D eigenvalue weighted by Gasteiger charge is -2.18. The summed E-state index contributed by atoms with van der Waals surface area (Å²) < 4.78 is 7.16. The van der Waals surface area contributed by atoms with Crippen molar-refractivity contribution in [1.82, 2.24) is 9.78 Å². The summed E-state index contributed by atoms with van der Waals surface area (Å²) in [5.41, 5.74) is 5.15. The van der Waals surface area contributed by atoms with E-state index in [1.165, 1.54) is 5.56 Å². The van der Waals surface area contributed by atoms with Gasteiger partial charge in [0, 0.05) is 36.6 Å². The maximum absolute atomic E-state index is 12.9. The molecule has 0 atom stereocenters. The van der Waals surface area contributed by atoms with E-state index in [0.717, 1.165) is 41.2 Å². The Kier molecular flexibility index (Phi) is 4.21. The van der Waals surface area contributed by atoms with E-state index in [9.17, 15) is 4.79 Å². The Bertz CT molecular complexity index is 961. The van der Waals surface area contributed by atoms with E-state index in [2.05, 4.69) is 11.2 Å². The van der Waals surface area contributed by atoms with Crippen LogP contribution >= 0.6 is 0 Å². The molecule has 0 saturated heterocycles. The molecular formula is C21H21N3O2. The van der Waals surface area contributed by atoms with Crippen LogP contribution in [0.4, 0.5) is 5.69 Å². The molecule has 132 valence electrons. The average molecular weight is 347 g/mol. The second-order valence-corrected chi connectivity index (χ2v) is 6.50. The number of hydrogen-bond donors (Lipinski definition) is 0. The van der Waals surface area contributed by atoms with E-state index in [1.54, 1.807) is 11.8 Å². The fourth-order valence-electron chi connectivity index (χ4n) is 3.50. The van der Waals surface area contributed by atoms with Crippen LogP contribution < -0.4 is 9.64 Å². The first-order valence-corrected chi connectivity index (χ1v) is 8.71. The van der Waals surface area contributed by atoms with Crippen molar-refractivity contribution in [2.45, 2.75) is 12.8 Å². The summed E-state index contributed by atoms with van der Waals surface area (Å²) in [7, 11) is 3.54. The van der Waals surface area contributed by atoms with Gasteiger partial charge in [-0.05, 0) is 36.2 Å². The number of carbonyl (C=O) groups excluding carboxylic acids is 1. The number of methoxy groups -OCH3 is 1. The Morgan fingerprint density at radius 2 is 2.04 bits per heavy atom. The SMILES string of the molecule is COc1ccccc1CC(=O)N1CCc2cc(-c3ccn(C)n3)ccc21. The number of aryl methyl sites for hydroxylation is 1. The third-order valence-electron chi connectivity index (χ3n) is 4.82. The summed E-state index contributed by atoms with van der Waals surface area (Å²) in [4.78, 5) is 14.7. The summed E-state index contributed by atoms with van der Waals surface area (Å²) in [6.07, 6.45) is 3.14. The monoisotopic (exact) mass is 347 g/mol. The van der Waals surface area contributed by atoms with Gasteiger partial charge in [0.05, 0.1) is 19.2 Å². The molecule has 0 N–H and O–H groups in total. The smallest absolute Gasteiger partial charge is 0.231 e. The Morgan fingerprint density at radius 3 is 2.81 bits per heavy atom. The van der Waals surface area contributed by atoms with Gasteiger partial charge in [-0.3, -0.25) is 9.48 Å². The Morgan fingerprint density at radius 1 is 1.19 bits per heavy atom. The number of benzene rings is 2. The number of hydrogen-bond acceptors (Lipinski definition) is 3. The van der Waals surface area contributed by atoms with Crippen LogP contribution in [0.5, 0.6) is 5.75 Å². The number of anilines is 1. The minimum Gasteiger partial charge on any atom is -0.496 e. The predicted molar refractivity (Wildman–Crippen MR) is 101 cm³/mol. The number of aromatic nitrogens is 2. The van der Waals surface area contributed by atoms with E-state index < -0.39 is 0 Å². The van der Waals surface area contributed by atoms with Gasteiger partial charge in [-0.25, -0.2) is 0 Å². The van der Waals surface area contributed by atoms with Crippen LogP contribution in [-0.2, 0) is 24.7 Å². The number of ether oxygens (including phenoxy) is 1. The van der Waals surface area contributed by atoms with Crippen molar-refractivity contribution in [3.63, 3.8) is 0 Å². The standard InChI is InChI=1S/C21H21N3O2/c1-23-11-10-18(22-23)15-7-8-19-16(13-15)9-12-24(19)21(25)14-17-5-3-4-6-20(17)26-2/h3-8,10-11,13H,9,12,14H2,1-2H3. The number of fused-ring (bicyclic) bond motifs is 1. The minimum absolute atomic E-state index is 0.0961. The molecule has 0 bridgehead atoms. The van der Waals surface area contributed by atoms with Crippen molar-refractivity contribution in [3.05, 3.63) is 65.9 Å². The zero-order valence-electron chi connectivity index (χ0n) is 15.0. The number of para-hydroxylation sites is 1. The number of nitrogens with zero attached hydrogens (tertiary/aromatic N) is 3. The van der Waals surface area contributed by atoms with Crippen LogP contribution in [-0.4, -0.2) is 29.3 Å². The van der Waals surface area contributed by atoms with Gasteiger partial charge < -0.3 is 9.64 Å². The lowest BCUT2D eigenvalue weighted by molar-refractivity contribution is -0.117. The lowest BCUT2D eigenvalue weighted by Crippen LogP contribution is -2.30. The first-order valence-electron chi connectivity index (χ1n) is 8.71. The summed E-state index contributed by atoms with van der Waals surface area (Å²) in [6.45, 7) is 0.717. The normalized spacial score (nSPS) is 12.9. The van der Waals surface area contributed by atoms with Gasteiger partial charge >= 0.3 is 0 Å². The molecule has 0 aliphatic carbocycles. The third-order valence-corrected chi connectivity index (χ3v) is 4.82. The molecular weight excluding hydrogens is 326 g/mol. The van der Waals surface area contributed by atoms with E-state index in [0.29, 0.717) is 6.42 Å². The summed E-state index contributed by atoms with van der Waals surface area (Å²) in [6, 6.07) is 15.9. The number of amides is 1. The van der Waals surface area contributed by atoms with Crippen LogP contribution in [0.15, 0.2) is 54.7 Å². The molecule has 4 rings (SSSR count). The molecule has 1 aliphatic rings. The van der Waals surface area contributed by atoms with Gasteiger partial charge in [-0.15, -0.1) is 0 Å². The molecule has 2 heterocycles. The molecule has 1 aliphatic heterocycles. The van der Waals surface area contributed by atoms with Crippen LogP contribution in [0, 0.1) is 0 Å². The Balaban J connectivity index is 1.57. The van der Waals surface area contributed by atoms with Gasteiger partial charge in [-0.2, -0.15) is 5.10 Å². The second-order valence-electron chi connectivity index (χ2n) is 6.50. The zero-order valence-corrected chi connectivity index (χ0v) is 15.0. The molecule has 0 unspecified atom stereocenters. The first-order chi connectivity index (χ1) is 12.7. The third kappa shape index (κ3) is 2.96. The zero-order chi connectivity index (χ0) is 18.1. The number of rotatable bonds is 4. The molecule has 0 radical (unpaired) electrons. The summed E-state index contributed by atoms with van der Waals surface area (Å²) in [5.74, 6) is 0.851. The highest BCUT2D eigenvalue weighted by Crippen LogP contribution is 2.32. The van der Waals surface area contributed by atoms with E-state index in [1.807, 2.05) is 60.6 Å². The maximum Gasteiger partial charge on any atom is 0.231 e. The Hall–Kier alpha value is -3.08. The minimum atomic E-state index is 0.0961. The van der Waals surface area contributed by atoms with Crippen molar-refractivity contribution in [3.8, 4) is 17.0 Å². The van der Waals surface area contributed by atoms with E-state index >= 15 is 0 Å². The Labute approximate surface area is 152 Å². The lowest BCUT2D eigenvalue weighted by atomic mass is 10.1. The van der Waals surface area contributed by atoms with Gasteiger partial charge in [0.1, 0.15) is 5.75 Å². The number of carbonyl (C=O) groups is 1. The summed E-state index contributed by atoms with van der Waals surface area (Å²) >= 11 is 0. The molecule has 26 heavy (non-hydrogen) atoms. The first kappa shape index (κ1) is 16.4. The van der Waals surface area contributed by atoms with E-state index in [-0.39, 0.29) is 5.91 Å². The van der Waals surface area contributed by atoms with E-state index in [4.69, 9.17) is 4.74 Å². The fourth-order valence-corrected chi connectivity index (χ4v) is 3.50. The van der Waals surface area contributed by atoms with Crippen molar-refractivity contribution in [2.75, 3.05) is 18.6 Å². The van der Waals surface area contributed by atoms with Crippen LogP contribution in [0.2, 0.25) is 0 Å². The molecule has 1 aromatic heterocycles. The predicted octanol–water partition coefficient (Wildman–Crippen LogP) is 3.23. The topological polar surface area (TPSA) is 47.4 Å². The van der Waals surface area contributed by atoms with Crippen LogP contribution in [0.1, 0.15) is 11.1 Å². The molecule has 0 spiro atoms. The van der Waals surface area contributed by atoms with Crippen LogP contribution in [0.3, 0.4) is 0 Å². The molecule has 5 nitrogen and oxygen atoms in total. The molecule has 1 amide bonds. The quantitative estimate of drug-likeness (QED) is 0.728. The average Bonchev–Trinajstić information content (AvgIpc) is 3.27.